The van der Waals surface area contributed by atoms with Gasteiger partial charge >= 0.3 is 0 Å². The number of methoxy groups -OCH3 is 1. The molecule has 125 valence electrons. The van der Waals surface area contributed by atoms with E-state index in [1.165, 1.54) is 0 Å². The molecule has 0 aliphatic heterocycles. The predicted molar refractivity (Wildman–Crippen MR) is 96.5 cm³/mol. The molecule has 3 nitrogen and oxygen atoms in total. The van der Waals surface area contributed by atoms with Crippen molar-refractivity contribution in [3.8, 4) is 11.5 Å². The second-order valence-corrected chi connectivity index (χ2v) is 11.7. The van der Waals surface area contributed by atoms with Gasteiger partial charge in [-0.05, 0) is 62.5 Å². The van der Waals surface area contributed by atoms with Gasteiger partial charge in [0.1, 0.15) is 17.6 Å². The first-order valence-corrected chi connectivity index (χ1v) is 10.8. The summed E-state index contributed by atoms with van der Waals surface area (Å²) in [5.41, 5.74) is 0.917. The Balaban J connectivity index is 3.65. The molecule has 1 N–H and O–H groups in total. The predicted octanol–water partition coefficient (Wildman–Crippen LogP) is 5.07. The van der Waals surface area contributed by atoms with E-state index in [2.05, 4.69) is 31.9 Å². The molecule has 1 aromatic carbocycles. The Morgan fingerprint density at radius 1 is 1.23 bits per heavy atom. The van der Waals surface area contributed by atoms with Gasteiger partial charge in [-0.3, -0.25) is 0 Å². The molecule has 0 saturated heterocycles. The van der Waals surface area contributed by atoms with Gasteiger partial charge in [0.25, 0.3) is 9.04 Å². The van der Waals surface area contributed by atoms with Gasteiger partial charge in [0.15, 0.2) is 0 Å². The summed E-state index contributed by atoms with van der Waals surface area (Å²) >= 11 is 5.63. The van der Waals surface area contributed by atoms with Crippen molar-refractivity contribution in [2.75, 3.05) is 7.11 Å². The van der Waals surface area contributed by atoms with Crippen LogP contribution >= 0.6 is 31.9 Å². The average molecular weight is 457 g/mol. The highest BCUT2D eigenvalue weighted by molar-refractivity contribution is 9.25. The molecule has 22 heavy (non-hydrogen) atoms. The lowest BCUT2D eigenvalue weighted by atomic mass is 9.83. The topological polar surface area (TPSA) is 38.7 Å². The van der Waals surface area contributed by atoms with Crippen LogP contribution in [0.3, 0.4) is 0 Å². The van der Waals surface area contributed by atoms with Crippen molar-refractivity contribution in [2.24, 2.45) is 0 Å². The summed E-state index contributed by atoms with van der Waals surface area (Å²) in [7, 11) is 0.473. The molecule has 0 fully saturated rings. The number of hydrogen-bond acceptors (Lipinski definition) is 3. The minimum absolute atomic E-state index is 0.286. The number of aliphatic hydroxyl groups excluding tert-OH is 1. The molecule has 0 aliphatic rings. The fraction of sp³-hybridized carbons (Fsp3) is 0.600. The standard InChI is InChI=1S/C15H22Br2FO3Si/c1-14(2,3)11-10(20-4)8-7-9(12(11)21-22(5)6)13(19)15(16,17)18/h7-8,13,19H,1-6H3. The van der Waals surface area contributed by atoms with Crippen molar-refractivity contribution in [1.29, 1.82) is 0 Å². The van der Waals surface area contributed by atoms with Crippen LogP contribution in [0.4, 0.5) is 4.39 Å². The van der Waals surface area contributed by atoms with Crippen LogP contribution in [0.2, 0.25) is 13.1 Å². The first-order valence-electron chi connectivity index (χ1n) is 6.83. The van der Waals surface area contributed by atoms with Crippen molar-refractivity contribution in [3.05, 3.63) is 23.3 Å². The molecule has 0 saturated carbocycles. The van der Waals surface area contributed by atoms with E-state index < -0.39 is 18.6 Å². The normalized spacial score (nSPS) is 14.1. The highest BCUT2D eigenvalue weighted by atomic mass is 79.9. The molecular weight excluding hydrogens is 435 g/mol. The molecule has 0 bridgehead atoms. The second-order valence-electron chi connectivity index (χ2n) is 6.27. The van der Waals surface area contributed by atoms with E-state index in [0.717, 1.165) is 5.56 Å². The molecule has 1 unspecified atom stereocenters. The van der Waals surface area contributed by atoms with Gasteiger partial charge in [-0.25, -0.2) is 4.39 Å². The first-order chi connectivity index (χ1) is 9.89. The molecule has 1 aromatic rings. The summed E-state index contributed by atoms with van der Waals surface area (Å²) in [6.45, 7) is 10.0. The minimum atomic E-state index is -2.13. The highest BCUT2D eigenvalue weighted by Crippen LogP contribution is 2.48. The lowest BCUT2D eigenvalue weighted by Gasteiger charge is -2.30. The van der Waals surface area contributed by atoms with E-state index in [1.807, 2.05) is 33.9 Å². The molecule has 0 amide bonds. The van der Waals surface area contributed by atoms with Crippen molar-refractivity contribution in [2.45, 2.75) is 48.9 Å². The Morgan fingerprint density at radius 3 is 2.14 bits per heavy atom. The van der Waals surface area contributed by atoms with Crippen LogP contribution in [-0.4, -0.2) is 24.7 Å². The van der Waals surface area contributed by atoms with Gasteiger partial charge in [0.2, 0.25) is 3.49 Å². The lowest BCUT2D eigenvalue weighted by molar-refractivity contribution is 0.112. The number of benzene rings is 1. The van der Waals surface area contributed by atoms with Crippen LogP contribution in [0, 0.1) is 0 Å². The van der Waals surface area contributed by atoms with Crippen molar-refractivity contribution in [3.63, 3.8) is 0 Å². The van der Waals surface area contributed by atoms with Gasteiger partial charge in [-0.1, -0.05) is 20.8 Å². The van der Waals surface area contributed by atoms with Gasteiger partial charge in [-0.15, -0.1) is 0 Å². The third-order valence-corrected chi connectivity index (χ3v) is 4.51. The molecular formula is C15H22Br2FO3Si. The largest absolute Gasteiger partial charge is 0.542 e. The Labute approximate surface area is 150 Å². The number of aliphatic hydroxyl groups is 1. The quantitative estimate of drug-likeness (QED) is 0.496. The lowest BCUT2D eigenvalue weighted by Crippen LogP contribution is -2.24. The molecule has 0 aliphatic carbocycles. The van der Waals surface area contributed by atoms with E-state index in [9.17, 15) is 9.50 Å². The van der Waals surface area contributed by atoms with Crippen LogP contribution in [-0.2, 0) is 5.41 Å². The molecule has 0 heterocycles. The summed E-state index contributed by atoms with van der Waals surface area (Å²) < 4.78 is 23.4. The van der Waals surface area contributed by atoms with Crippen LogP contribution in [0.5, 0.6) is 11.5 Å². The number of rotatable bonds is 5. The summed E-state index contributed by atoms with van der Waals surface area (Å²) in [5.74, 6) is 1.16. The van der Waals surface area contributed by atoms with E-state index in [1.54, 1.807) is 19.2 Å². The van der Waals surface area contributed by atoms with Crippen LogP contribution < -0.4 is 9.16 Å². The number of hydrogen-bond donors (Lipinski definition) is 1. The summed E-state index contributed by atoms with van der Waals surface area (Å²) in [6, 6.07) is 3.37. The second kappa shape index (κ2) is 7.19. The van der Waals surface area contributed by atoms with E-state index in [-0.39, 0.29) is 5.41 Å². The smallest absolute Gasteiger partial charge is 0.274 e. The zero-order valence-electron chi connectivity index (χ0n) is 13.6. The summed E-state index contributed by atoms with van der Waals surface area (Å²) in [6.07, 6.45) is -1.42. The fourth-order valence-corrected chi connectivity index (χ4v) is 3.29. The average Bonchev–Trinajstić information content (AvgIpc) is 2.34. The van der Waals surface area contributed by atoms with Gasteiger partial charge in [0, 0.05) is 11.1 Å². The van der Waals surface area contributed by atoms with E-state index >= 15 is 0 Å². The molecule has 0 spiro atoms. The maximum atomic E-state index is 14.1. The molecule has 7 heteroatoms. The third kappa shape index (κ3) is 4.69. The summed E-state index contributed by atoms with van der Waals surface area (Å²) in [5, 5.41) is 10.3. The zero-order valence-corrected chi connectivity index (χ0v) is 17.8. The number of ether oxygens (including phenoxy) is 1. The Morgan fingerprint density at radius 2 is 1.77 bits per heavy atom. The molecule has 0 aromatic heterocycles. The number of alkyl halides is 3. The minimum Gasteiger partial charge on any atom is -0.542 e. The van der Waals surface area contributed by atoms with Crippen molar-refractivity contribution < 1.29 is 18.7 Å². The molecule has 1 radical (unpaired) electrons. The van der Waals surface area contributed by atoms with E-state index in [0.29, 0.717) is 17.1 Å². The van der Waals surface area contributed by atoms with Gasteiger partial charge in [0.05, 0.1) is 7.11 Å². The number of halogens is 3. The third-order valence-electron chi connectivity index (χ3n) is 3.03. The van der Waals surface area contributed by atoms with Gasteiger partial charge in [-0.2, -0.15) is 0 Å². The van der Waals surface area contributed by atoms with Crippen LogP contribution in [0.15, 0.2) is 12.1 Å². The van der Waals surface area contributed by atoms with E-state index in [4.69, 9.17) is 9.16 Å². The Hall–Kier alpha value is -0.113. The first kappa shape index (κ1) is 19.9. The zero-order chi connectivity index (χ0) is 17.3. The Kier molecular flexibility index (Phi) is 6.52. The maximum Gasteiger partial charge on any atom is 0.274 e. The maximum absolute atomic E-state index is 14.1. The molecule has 1 atom stereocenters. The molecule has 1 rings (SSSR count). The van der Waals surface area contributed by atoms with Crippen molar-refractivity contribution >= 4 is 40.9 Å². The fourth-order valence-electron chi connectivity index (χ4n) is 2.17. The van der Waals surface area contributed by atoms with Crippen molar-refractivity contribution in [1.82, 2.24) is 0 Å². The Bertz CT molecular complexity index is 525. The summed E-state index contributed by atoms with van der Waals surface area (Å²) in [4.78, 5) is 0. The highest BCUT2D eigenvalue weighted by Gasteiger charge is 2.38. The van der Waals surface area contributed by atoms with Crippen LogP contribution in [0.25, 0.3) is 0 Å². The SMILES string of the molecule is COc1ccc(C(O)C(F)(Br)Br)c(O[Si](C)C)c1C(C)(C)C. The van der Waals surface area contributed by atoms with Crippen LogP contribution in [0.1, 0.15) is 38.0 Å². The monoisotopic (exact) mass is 455 g/mol. The van der Waals surface area contributed by atoms with Gasteiger partial charge < -0.3 is 14.3 Å².